The molecule has 0 saturated heterocycles. The maximum Gasteiger partial charge on any atom is 0.255 e. The predicted molar refractivity (Wildman–Crippen MR) is 81.6 cm³/mol. The molecule has 6 heteroatoms. The maximum atomic E-state index is 13.2. The van der Waals surface area contributed by atoms with Crippen molar-refractivity contribution < 1.29 is 18.7 Å². The summed E-state index contributed by atoms with van der Waals surface area (Å²) in [5, 5.41) is 2.63. The Morgan fingerprint density at radius 3 is 2.29 bits per heavy atom. The average Bonchev–Trinajstić information content (AvgIpc) is 2.50. The Morgan fingerprint density at radius 2 is 1.71 bits per heavy atom. The van der Waals surface area contributed by atoms with E-state index in [0.29, 0.717) is 27.2 Å². The van der Waals surface area contributed by atoms with Crippen LogP contribution in [-0.4, -0.2) is 20.1 Å². The van der Waals surface area contributed by atoms with E-state index in [1.54, 1.807) is 18.2 Å². The van der Waals surface area contributed by atoms with Crippen molar-refractivity contribution in [3.05, 3.63) is 52.3 Å². The van der Waals surface area contributed by atoms with E-state index in [4.69, 9.17) is 9.47 Å². The van der Waals surface area contributed by atoms with Crippen LogP contribution in [0.5, 0.6) is 11.5 Å². The molecule has 21 heavy (non-hydrogen) atoms. The fourth-order valence-electron chi connectivity index (χ4n) is 1.73. The summed E-state index contributed by atoms with van der Waals surface area (Å²) < 4.78 is 24.0. The van der Waals surface area contributed by atoms with Gasteiger partial charge in [-0.05, 0) is 46.3 Å². The van der Waals surface area contributed by atoms with E-state index < -0.39 is 11.7 Å². The molecule has 0 saturated carbocycles. The molecule has 2 aromatic rings. The Morgan fingerprint density at radius 1 is 1.10 bits per heavy atom. The number of hydrogen-bond donors (Lipinski definition) is 1. The van der Waals surface area contributed by atoms with Gasteiger partial charge in [0.1, 0.15) is 17.3 Å². The van der Waals surface area contributed by atoms with Gasteiger partial charge in [0.15, 0.2) is 0 Å². The molecule has 0 aliphatic rings. The van der Waals surface area contributed by atoms with Gasteiger partial charge in [0.25, 0.3) is 5.91 Å². The third-order valence-electron chi connectivity index (χ3n) is 2.79. The lowest BCUT2D eigenvalue weighted by molar-refractivity contribution is 0.102. The Hall–Kier alpha value is -2.08. The summed E-state index contributed by atoms with van der Waals surface area (Å²) in [6.07, 6.45) is 0. The van der Waals surface area contributed by atoms with Crippen LogP contribution in [0.15, 0.2) is 40.9 Å². The van der Waals surface area contributed by atoms with Gasteiger partial charge in [0, 0.05) is 16.1 Å². The summed E-state index contributed by atoms with van der Waals surface area (Å²) in [6, 6.07) is 8.87. The van der Waals surface area contributed by atoms with Crippen molar-refractivity contribution in [3.63, 3.8) is 0 Å². The van der Waals surface area contributed by atoms with Gasteiger partial charge in [-0.3, -0.25) is 4.79 Å². The average molecular weight is 354 g/mol. The van der Waals surface area contributed by atoms with Crippen molar-refractivity contribution in [2.45, 2.75) is 0 Å². The summed E-state index contributed by atoms with van der Waals surface area (Å²) in [6.45, 7) is 0. The quantitative estimate of drug-likeness (QED) is 0.907. The summed E-state index contributed by atoms with van der Waals surface area (Å²) in [4.78, 5) is 12.2. The van der Waals surface area contributed by atoms with Crippen LogP contribution in [0.1, 0.15) is 10.4 Å². The van der Waals surface area contributed by atoms with Crippen LogP contribution in [-0.2, 0) is 0 Å². The van der Waals surface area contributed by atoms with Crippen molar-refractivity contribution in [2.24, 2.45) is 0 Å². The number of benzene rings is 2. The van der Waals surface area contributed by atoms with Gasteiger partial charge in [-0.15, -0.1) is 0 Å². The number of anilines is 1. The number of ether oxygens (including phenoxy) is 2. The number of carbonyl (C=O) groups is 1. The minimum atomic E-state index is -0.434. The van der Waals surface area contributed by atoms with E-state index in [1.807, 2.05) is 0 Å². The Balaban J connectivity index is 2.29. The number of carbonyl (C=O) groups excluding carboxylic acids is 1. The van der Waals surface area contributed by atoms with Crippen molar-refractivity contribution in [1.82, 2.24) is 0 Å². The molecule has 0 unspecified atom stereocenters. The second-order valence-electron chi connectivity index (χ2n) is 4.18. The number of nitrogens with one attached hydrogen (secondary N) is 1. The van der Waals surface area contributed by atoms with Gasteiger partial charge < -0.3 is 14.8 Å². The topological polar surface area (TPSA) is 47.6 Å². The Kier molecular flexibility index (Phi) is 4.80. The number of hydrogen-bond acceptors (Lipinski definition) is 3. The van der Waals surface area contributed by atoms with Gasteiger partial charge in [-0.1, -0.05) is 0 Å². The zero-order valence-electron chi connectivity index (χ0n) is 11.4. The predicted octanol–water partition coefficient (Wildman–Crippen LogP) is 3.86. The molecular weight excluding hydrogens is 341 g/mol. The molecule has 1 N–H and O–H groups in total. The molecule has 0 spiro atoms. The first kappa shape index (κ1) is 15.3. The first-order valence-corrected chi connectivity index (χ1v) is 6.82. The molecule has 0 heterocycles. The number of amides is 1. The first-order valence-electron chi connectivity index (χ1n) is 6.03. The summed E-state index contributed by atoms with van der Waals surface area (Å²) in [5.74, 6) is 0.172. The fraction of sp³-hybridized carbons (Fsp3) is 0.133. The summed E-state index contributed by atoms with van der Waals surface area (Å²) in [5.41, 5.74) is 0.698. The smallest absolute Gasteiger partial charge is 0.255 e. The van der Waals surface area contributed by atoms with Gasteiger partial charge in [-0.2, -0.15) is 0 Å². The van der Waals surface area contributed by atoms with E-state index >= 15 is 0 Å². The zero-order chi connectivity index (χ0) is 15.4. The highest BCUT2D eigenvalue weighted by atomic mass is 79.9. The Labute approximate surface area is 130 Å². The monoisotopic (exact) mass is 353 g/mol. The van der Waals surface area contributed by atoms with Crippen LogP contribution in [0, 0.1) is 5.82 Å². The van der Waals surface area contributed by atoms with Crippen LogP contribution in [0.4, 0.5) is 10.1 Å². The molecule has 0 radical (unpaired) electrons. The lowest BCUT2D eigenvalue weighted by Gasteiger charge is -2.10. The highest BCUT2D eigenvalue weighted by molar-refractivity contribution is 9.10. The molecular formula is C15H13BrFNO3. The third kappa shape index (κ3) is 3.72. The number of methoxy groups -OCH3 is 2. The lowest BCUT2D eigenvalue weighted by Crippen LogP contribution is -2.12. The molecule has 1 amide bonds. The van der Waals surface area contributed by atoms with E-state index in [2.05, 4.69) is 21.2 Å². The molecule has 0 aromatic heterocycles. The molecule has 4 nitrogen and oxygen atoms in total. The third-order valence-corrected chi connectivity index (χ3v) is 3.48. The first-order chi connectivity index (χ1) is 10.0. The van der Waals surface area contributed by atoms with Gasteiger partial charge in [0.05, 0.1) is 19.9 Å². The molecule has 0 fully saturated rings. The van der Waals surface area contributed by atoms with Crippen molar-refractivity contribution in [1.29, 1.82) is 0 Å². The Bertz CT molecular complexity index is 654. The molecule has 0 aliphatic carbocycles. The molecule has 0 bridgehead atoms. The molecule has 2 aromatic carbocycles. The van der Waals surface area contributed by atoms with E-state index in [-0.39, 0.29) is 0 Å². The normalized spacial score (nSPS) is 10.1. The highest BCUT2D eigenvalue weighted by Gasteiger charge is 2.12. The molecule has 0 atom stereocenters. The van der Waals surface area contributed by atoms with Gasteiger partial charge in [0.2, 0.25) is 0 Å². The van der Waals surface area contributed by atoms with Crippen LogP contribution >= 0.6 is 15.9 Å². The number of rotatable bonds is 4. The van der Waals surface area contributed by atoms with E-state index in [0.717, 1.165) is 0 Å². The molecule has 2 rings (SSSR count). The van der Waals surface area contributed by atoms with Gasteiger partial charge in [-0.25, -0.2) is 4.39 Å². The minimum absolute atomic E-state index is 0.349. The van der Waals surface area contributed by atoms with Gasteiger partial charge >= 0.3 is 0 Å². The van der Waals surface area contributed by atoms with Crippen LogP contribution < -0.4 is 14.8 Å². The summed E-state index contributed by atoms with van der Waals surface area (Å²) in [7, 11) is 3.00. The SMILES string of the molecule is COc1cc(OC)cc(C(=O)Nc2cc(F)ccc2Br)c1. The molecule has 0 aliphatic heterocycles. The summed E-state index contributed by atoms with van der Waals surface area (Å²) >= 11 is 3.26. The van der Waals surface area contributed by atoms with E-state index in [1.165, 1.54) is 32.4 Å². The van der Waals surface area contributed by atoms with Crippen LogP contribution in [0.25, 0.3) is 0 Å². The molecule has 110 valence electrons. The second kappa shape index (κ2) is 6.58. The van der Waals surface area contributed by atoms with E-state index in [9.17, 15) is 9.18 Å². The highest BCUT2D eigenvalue weighted by Crippen LogP contribution is 2.26. The second-order valence-corrected chi connectivity index (χ2v) is 5.03. The largest absolute Gasteiger partial charge is 0.497 e. The standard InChI is InChI=1S/C15H13BrFNO3/c1-20-11-5-9(6-12(8-11)21-2)15(19)18-14-7-10(17)3-4-13(14)16/h3-8H,1-2H3,(H,18,19). The van der Waals surface area contributed by atoms with Crippen LogP contribution in [0.3, 0.4) is 0 Å². The van der Waals surface area contributed by atoms with Crippen molar-refractivity contribution in [3.8, 4) is 11.5 Å². The van der Waals surface area contributed by atoms with Crippen LogP contribution in [0.2, 0.25) is 0 Å². The zero-order valence-corrected chi connectivity index (χ0v) is 13.0. The van der Waals surface area contributed by atoms with Crippen molar-refractivity contribution in [2.75, 3.05) is 19.5 Å². The maximum absolute atomic E-state index is 13.2. The number of halogens is 2. The fourth-order valence-corrected chi connectivity index (χ4v) is 2.07. The minimum Gasteiger partial charge on any atom is -0.497 e. The van der Waals surface area contributed by atoms with Crippen molar-refractivity contribution >= 4 is 27.5 Å². The lowest BCUT2D eigenvalue weighted by atomic mass is 10.2.